The minimum absolute atomic E-state index is 0.487. The Balaban J connectivity index is 2.07. The van der Waals surface area contributed by atoms with E-state index in [1.807, 2.05) is 18.2 Å². The number of ether oxygens (including phenoxy) is 3. The molecule has 18 heavy (non-hydrogen) atoms. The number of rotatable bonds is 6. The summed E-state index contributed by atoms with van der Waals surface area (Å²) in [6.45, 7) is 2.92. The quantitative estimate of drug-likeness (QED) is 0.834. The van der Waals surface area contributed by atoms with Crippen molar-refractivity contribution in [3.05, 3.63) is 23.8 Å². The van der Waals surface area contributed by atoms with E-state index in [1.54, 1.807) is 7.11 Å². The molecule has 0 saturated carbocycles. The molecule has 1 fully saturated rings. The van der Waals surface area contributed by atoms with Crippen LogP contribution in [0.2, 0.25) is 0 Å². The first kappa shape index (κ1) is 13.2. The van der Waals surface area contributed by atoms with Crippen LogP contribution in [0.15, 0.2) is 18.2 Å². The van der Waals surface area contributed by atoms with Crippen molar-refractivity contribution < 1.29 is 14.2 Å². The molecule has 0 amide bonds. The molecule has 1 atom stereocenters. The summed E-state index contributed by atoms with van der Waals surface area (Å²) in [6, 6.07) is 5.92. The zero-order valence-electron chi connectivity index (χ0n) is 10.9. The Labute approximate surface area is 108 Å². The number of methoxy groups -OCH3 is 1. The van der Waals surface area contributed by atoms with Gasteiger partial charge in [0.1, 0.15) is 0 Å². The van der Waals surface area contributed by atoms with Gasteiger partial charge in [-0.3, -0.25) is 0 Å². The topological polar surface area (TPSA) is 53.7 Å². The maximum absolute atomic E-state index is 5.94. The summed E-state index contributed by atoms with van der Waals surface area (Å²) in [5, 5.41) is 0. The summed E-state index contributed by atoms with van der Waals surface area (Å²) < 4.78 is 16.6. The van der Waals surface area contributed by atoms with Gasteiger partial charge < -0.3 is 19.9 Å². The lowest BCUT2D eigenvalue weighted by atomic mass is 10.1. The van der Waals surface area contributed by atoms with Crippen molar-refractivity contribution >= 4 is 0 Å². The van der Waals surface area contributed by atoms with Gasteiger partial charge in [-0.25, -0.2) is 0 Å². The molecule has 1 aliphatic heterocycles. The number of para-hydroxylation sites is 1. The molecular weight excluding hydrogens is 230 g/mol. The van der Waals surface area contributed by atoms with E-state index in [9.17, 15) is 0 Å². The lowest BCUT2D eigenvalue weighted by molar-refractivity contribution is 0.165. The number of hydrogen-bond donors (Lipinski definition) is 1. The van der Waals surface area contributed by atoms with Crippen molar-refractivity contribution in [1.82, 2.24) is 0 Å². The Hall–Kier alpha value is -1.26. The van der Waals surface area contributed by atoms with Gasteiger partial charge in [0, 0.05) is 12.5 Å². The molecule has 4 heteroatoms. The predicted molar refractivity (Wildman–Crippen MR) is 70.2 cm³/mol. The molecule has 1 aromatic carbocycles. The van der Waals surface area contributed by atoms with Crippen molar-refractivity contribution in [3.63, 3.8) is 0 Å². The van der Waals surface area contributed by atoms with E-state index in [0.717, 1.165) is 43.1 Å². The molecule has 1 saturated heterocycles. The van der Waals surface area contributed by atoms with Gasteiger partial charge in [0.25, 0.3) is 0 Å². The molecule has 0 aliphatic carbocycles. The minimum Gasteiger partial charge on any atom is -0.493 e. The second-order valence-corrected chi connectivity index (χ2v) is 4.53. The first-order valence-corrected chi connectivity index (χ1v) is 6.41. The number of nitrogens with two attached hydrogens (primary N) is 1. The predicted octanol–water partition coefficient (Wildman–Crippen LogP) is 1.61. The Morgan fingerprint density at radius 1 is 1.44 bits per heavy atom. The van der Waals surface area contributed by atoms with Crippen LogP contribution in [0.25, 0.3) is 0 Å². The molecule has 0 spiro atoms. The number of hydrogen-bond acceptors (Lipinski definition) is 4. The Bertz CT molecular complexity index is 375. The van der Waals surface area contributed by atoms with Gasteiger partial charge >= 0.3 is 0 Å². The number of benzene rings is 1. The van der Waals surface area contributed by atoms with Gasteiger partial charge in [-0.2, -0.15) is 0 Å². The van der Waals surface area contributed by atoms with Crippen LogP contribution in [0, 0.1) is 5.92 Å². The third kappa shape index (κ3) is 3.15. The average Bonchev–Trinajstić information content (AvgIpc) is 2.90. The van der Waals surface area contributed by atoms with Crippen LogP contribution in [0.5, 0.6) is 11.5 Å². The highest BCUT2D eigenvalue weighted by atomic mass is 16.5. The van der Waals surface area contributed by atoms with Crippen molar-refractivity contribution in [2.75, 3.05) is 33.5 Å². The average molecular weight is 251 g/mol. The lowest BCUT2D eigenvalue weighted by Crippen LogP contribution is -2.14. The van der Waals surface area contributed by atoms with Crippen LogP contribution in [0.4, 0.5) is 0 Å². The maximum atomic E-state index is 5.94. The SMILES string of the molecule is COc1cccc(CCN)c1OCC1CCOC1. The van der Waals surface area contributed by atoms with E-state index in [0.29, 0.717) is 19.1 Å². The van der Waals surface area contributed by atoms with Crippen molar-refractivity contribution in [2.45, 2.75) is 12.8 Å². The van der Waals surface area contributed by atoms with Crippen LogP contribution in [-0.2, 0) is 11.2 Å². The van der Waals surface area contributed by atoms with Gasteiger partial charge in [-0.1, -0.05) is 12.1 Å². The van der Waals surface area contributed by atoms with Gasteiger partial charge in [0.05, 0.1) is 20.3 Å². The smallest absolute Gasteiger partial charge is 0.164 e. The van der Waals surface area contributed by atoms with E-state index in [4.69, 9.17) is 19.9 Å². The zero-order chi connectivity index (χ0) is 12.8. The van der Waals surface area contributed by atoms with Gasteiger partial charge in [-0.15, -0.1) is 0 Å². The summed E-state index contributed by atoms with van der Waals surface area (Å²) in [6.07, 6.45) is 1.87. The summed E-state index contributed by atoms with van der Waals surface area (Å²) in [4.78, 5) is 0. The van der Waals surface area contributed by atoms with Gasteiger partial charge in [0.2, 0.25) is 0 Å². The second-order valence-electron chi connectivity index (χ2n) is 4.53. The summed E-state index contributed by atoms with van der Waals surface area (Å²) in [7, 11) is 1.66. The summed E-state index contributed by atoms with van der Waals surface area (Å²) in [5.74, 6) is 2.10. The maximum Gasteiger partial charge on any atom is 0.164 e. The molecule has 2 rings (SSSR count). The van der Waals surface area contributed by atoms with Crippen LogP contribution in [0.1, 0.15) is 12.0 Å². The molecule has 4 nitrogen and oxygen atoms in total. The monoisotopic (exact) mass is 251 g/mol. The Kier molecular flexibility index (Phi) is 4.84. The van der Waals surface area contributed by atoms with E-state index >= 15 is 0 Å². The molecular formula is C14H21NO3. The third-order valence-electron chi connectivity index (χ3n) is 3.18. The Morgan fingerprint density at radius 2 is 2.33 bits per heavy atom. The standard InChI is InChI=1S/C14H21NO3/c1-16-13-4-2-3-12(5-7-15)14(13)18-10-11-6-8-17-9-11/h2-4,11H,5-10,15H2,1H3. The molecule has 2 N–H and O–H groups in total. The van der Waals surface area contributed by atoms with Crippen LogP contribution < -0.4 is 15.2 Å². The molecule has 1 aliphatic rings. The van der Waals surface area contributed by atoms with Crippen LogP contribution >= 0.6 is 0 Å². The summed E-state index contributed by atoms with van der Waals surface area (Å²) in [5.41, 5.74) is 6.73. The fourth-order valence-electron chi connectivity index (χ4n) is 2.15. The minimum atomic E-state index is 0.487. The molecule has 1 unspecified atom stereocenters. The lowest BCUT2D eigenvalue weighted by Gasteiger charge is -2.16. The fourth-order valence-corrected chi connectivity index (χ4v) is 2.15. The first-order chi connectivity index (χ1) is 8.85. The van der Waals surface area contributed by atoms with Crippen molar-refractivity contribution in [3.8, 4) is 11.5 Å². The van der Waals surface area contributed by atoms with E-state index in [1.165, 1.54) is 0 Å². The molecule has 1 heterocycles. The fraction of sp³-hybridized carbons (Fsp3) is 0.571. The highest BCUT2D eigenvalue weighted by Gasteiger charge is 2.18. The largest absolute Gasteiger partial charge is 0.493 e. The zero-order valence-corrected chi connectivity index (χ0v) is 10.9. The van der Waals surface area contributed by atoms with E-state index in [2.05, 4.69) is 0 Å². The third-order valence-corrected chi connectivity index (χ3v) is 3.18. The summed E-state index contributed by atoms with van der Waals surface area (Å²) >= 11 is 0. The van der Waals surface area contributed by atoms with Crippen LogP contribution in [0.3, 0.4) is 0 Å². The van der Waals surface area contributed by atoms with Gasteiger partial charge in [0.15, 0.2) is 11.5 Å². The van der Waals surface area contributed by atoms with Crippen molar-refractivity contribution in [2.24, 2.45) is 11.7 Å². The highest BCUT2D eigenvalue weighted by molar-refractivity contribution is 5.46. The Morgan fingerprint density at radius 3 is 3.00 bits per heavy atom. The van der Waals surface area contributed by atoms with E-state index in [-0.39, 0.29) is 0 Å². The van der Waals surface area contributed by atoms with Crippen molar-refractivity contribution in [1.29, 1.82) is 0 Å². The van der Waals surface area contributed by atoms with Gasteiger partial charge in [-0.05, 0) is 31.0 Å². The first-order valence-electron chi connectivity index (χ1n) is 6.41. The molecule has 1 aromatic rings. The molecule has 0 radical (unpaired) electrons. The molecule has 100 valence electrons. The normalized spacial score (nSPS) is 18.9. The molecule has 0 bridgehead atoms. The van der Waals surface area contributed by atoms with E-state index < -0.39 is 0 Å². The van der Waals surface area contributed by atoms with Crippen LogP contribution in [-0.4, -0.2) is 33.5 Å². The second kappa shape index (κ2) is 6.61. The highest BCUT2D eigenvalue weighted by Crippen LogP contribution is 2.32. The molecule has 0 aromatic heterocycles.